The fourth-order valence-electron chi connectivity index (χ4n) is 1.94. The molecular weight excluding hydrogens is 338 g/mol. The van der Waals surface area contributed by atoms with Gasteiger partial charge in [-0.05, 0) is 31.2 Å². The van der Waals surface area contributed by atoms with Crippen molar-refractivity contribution in [3.05, 3.63) is 35.2 Å². The molecule has 8 heteroatoms. The normalized spacial score (nSPS) is 11.3. The van der Waals surface area contributed by atoms with E-state index in [-0.39, 0.29) is 13.2 Å². The molecule has 0 fully saturated rings. The summed E-state index contributed by atoms with van der Waals surface area (Å²) in [7, 11) is -0.429. The quantitative estimate of drug-likeness (QED) is 0.735. The van der Waals surface area contributed by atoms with Crippen LogP contribution in [-0.4, -0.2) is 35.8 Å². The predicted octanol–water partition coefficient (Wildman–Crippen LogP) is 2.43. The summed E-state index contributed by atoms with van der Waals surface area (Å²) in [5, 5.41) is 0. The molecule has 126 valence electrons. The van der Waals surface area contributed by atoms with Gasteiger partial charge in [-0.15, -0.1) is 11.3 Å². The highest BCUT2D eigenvalue weighted by molar-refractivity contribution is 7.91. The molecule has 1 N–H and O–H groups in total. The van der Waals surface area contributed by atoms with Crippen molar-refractivity contribution in [3.8, 4) is 17.2 Å². The molecule has 0 aliphatic heterocycles. The van der Waals surface area contributed by atoms with Crippen LogP contribution >= 0.6 is 11.3 Å². The van der Waals surface area contributed by atoms with E-state index >= 15 is 0 Å². The van der Waals surface area contributed by atoms with Crippen molar-refractivity contribution >= 4 is 21.4 Å². The molecule has 0 aliphatic rings. The molecule has 2 aromatic rings. The number of hydrogen-bond acceptors (Lipinski definition) is 6. The van der Waals surface area contributed by atoms with Crippen molar-refractivity contribution in [2.45, 2.75) is 11.1 Å². The molecule has 0 radical (unpaired) electrons. The summed E-state index contributed by atoms with van der Waals surface area (Å²) >= 11 is 1.23. The molecule has 1 aromatic heterocycles. The number of sulfonamides is 1. The summed E-state index contributed by atoms with van der Waals surface area (Å²) < 4.78 is 43.0. The number of rotatable bonds is 8. The molecule has 1 heterocycles. The van der Waals surface area contributed by atoms with E-state index in [1.807, 2.05) is 6.92 Å². The van der Waals surface area contributed by atoms with E-state index < -0.39 is 10.0 Å². The lowest BCUT2D eigenvalue weighted by atomic mass is 10.3. The fraction of sp³-hybridized carbons (Fsp3) is 0.333. The number of nitrogens with one attached hydrogen (secondary N) is 1. The van der Waals surface area contributed by atoms with Crippen LogP contribution in [0.15, 0.2) is 34.5 Å². The van der Waals surface area contributed by atoms with Gasteiger partial charge in [0.15, 0.2) is 11.5 Å². The minimum atomic E-state index is -3.49. The molecule has 23 heavy (non-hydrogen) atoms. The van der Waals surface area contributed by atoms with Gasteiger partial charge in [0.25, 0.3) is 0 Å². The Balaban J connectivity index is 1.93. The highest BCUT2D eigenvalue weighted by atomic mass is 32.2. The number of thiophene rings is 1. The Morgan fingerprint density at radius 2 is 1.83 bits per heavy atom. The second-order valence-electron chi connectivity index (χ2n) is 4.60. The fourth-order valence-corrected chi connectivity index (χ4v) is 4.28. The van der Waals surface area contributed by atoms with E-state index in [1.165, 1.54) is 18.4 Å². The van der Waals surface area contributed by atoms with E-state index in [9.17, 15) is 8.42 Å². The molecule has 6 nitrogen and oxygen atoms in total. The minimum absolute atomic E-state index is 0.152. The average molecular weight is 357 g/mol. The first-order chi connectivity index (χ1) is 11.0. The lowest BCUT2D eigenvalue weighted by molar-refractivity contribution is 0.287. The zero-order chi connectivity index (χ0) is 16.9. The Kier molecular flexibility index (Phi) is 5.86. The van der Waals surface area contributed by atoms with Crippen molar-refractivity contribution in [1.82, 2.24) is 4.72 Å². The molecule has 0 unspecified atom stereocenters. The van der Waals surface area contributed by atoms with Crippen molar-refractivity contribution < 1.29 is 22.6 Å². The second kappa shape index (κ2) is 7.67. The molecule has 0 saturated heterocycles. The van der Waals surface area contributed by atoms with Gasteiger partial charge in [0.2, 0.25) is 15.8 Å². The number of hydrogen-bond donors (Lipinski definition) is 1. The molecule has 0 amide bonds. The maximum Gasteiger partial charge on any atom is 0.250 e. The first-order valence-electron chi connectivity index (χ1n) is 6.88. The third-order valence-electron chi connectivity index (χ3n) is 3.00. The highest BCUT2D eigenvalue weighted by Crippen LogP contribution is 2.36. The summed E-state index contributed by atoms with van der Waals surface area (Å²) in [6, 6.07) is 8.63. The Morgan fingerprint density at radius 1 is 1.09 bits per heavy atom. The second-order valence-corrected chi connectivity index (χ2v) is 7.88. The van der Waals surface area contributed by atoms with Gasteiger partial charge >= 0.3 is 0 Å². The van der Waals surface area contributed by atoms with Crippen LogP contribution in [0.25, 0.3) is 0 Å². The number of methoxy groups -OCH3 is 2. The van der Waals surface area contributed by atoms with Gasteiger partial charge in [-0.25, -0.2) is 13.1 Å². The molecule has 0 saturated carbocycles. The lowest BCUT2D eigenvalue weighted by Gasteiger charge is -2.13. The zero-order valence-corrected chi connectivity index (χ0v) is 14.8. The Morgan fingerprint density at radius 3 is 2.43 bits per heavy atom. The van der Waals surface area contributed by atoms with E-state index in [2.05, 4.69) is 4.72 Å². The zero-order valence-electron chi connectivity index (χ0n) is 13.2. The maximum atomic E-state index is 12.1. The first-order valence-corrected chi connectivity index (χ1v) is 9.18. The van der Waals surface area contributed by atoms with Crippen molar-refractivity contribution in [1.29, 1.82) is 0 Å². The number of aryl methyl sites for hydroxylation is 1. The third kappa shape index (κ3) is 4.37. The van der Waals surface area contributed by atoms with Crippen LogP contribution in [0.2, 0.25) is 0 Å². The number of ether oxygens (including phenoxy) is 3. The van der Waals surface area contributed by atoms with E-state index in [4.69, 9.17) is 14.2 Å². The summed E-state index contributed by atoms with van der Waals surface area (Å²) in [6.07, 6.45) is 0. The largest absolute Gasteiger partial charge is 0.493 e. The minimum Gasteiger partial charge on any atom is -0.493 e. The summed E-state index contributed by atoms with van der Waals surface area (Å²) in [6.45, 7) is 2.19. The number of benzene rings is 1. The van der Waals surface area contributed by atoms with Crippen molar-refractivity contribution in [2.24, 2.45) is 0 Å². The third-order valence-corrected chi connectivity index (χ3v) is 5.95. The van der Waals surface area contributed by atoms with Crippen LogP contribution in [0.3, 0.4) is 0 Å². The van der Waals surface area contributed by atoms with Gasteiger partial charge in [-0.3, -0.25) is 0 Å². The molecule has 1 aromatic carbocycles. The summed E-state index contributed by atoms with van der Waals surface area (Å²) in [4.78, 5) is 0.947. The smallest absolute Gasteiger partial charge is 0.250 e. The predicted molar refractivity (Wildman–Crippen MR) is 89.3 cm³/mol. The van der Waals surface area contributed by atoms with Crippen LogP contribution in [0.4, 0.5) is 0 Å². The molecule has 0 atom stereocenters. The molecule has 0 spiro atoms. The van der Waals surface area contributed by atoms with Gasteiger partial charge < -0.3 is 14.2 Å². The monoisotopic (exact) mass is 357 g/mol. The molecular formula is C15H19NO5S2. The SMILES string of the molecule is COc1cccc(OCCNS(=O)(=O)c2ccc(C)s2)c1OC. The van der Waals surface area contributed by atoms with Crippen LogP contribution in [-0.2, 0) is 10.0 Å². The van der Waals surface area contributed by atoms with Crippen LogP contribution in [0.5, 0.6) is 17.2 Å². The Hall–Kier alpha value is -1.77. The average Bonchev–Trinajstić information content (AvgIpc) is 2.98. The van der Waals surface area contributed by atoms with Gasteiger partial charge in [0.05, 0.1) is 14.2 Å². The van der Waals surface area contributed by atoms with Crippen molar-refractivity contribution in [2.75, 3.05) is 27.4 Å². The first kappa shape index (κ1) is 17.6. The van der Waals surface area contributed by atoms with Gasteiger partial charge in [0.1, 0.15) is 10.8 Å². The standard InChI is InChI=1S/C15H19NO5S2/c1-11-7-8-14(22-11)23(17,18)16-9-10-21-13-6-4-5-12(19-2)15(13)20-3/h4-8,16H,9-10H2,1-3H3. The van der Waals surface area contributed by atoms with E-state index in [0.29, 0.717) is 21.5 Å². The number of para-hydroxylation sites is 1. The van der Waals surface area contributed by atoms with Gasteiger partial charge in [-0.1, -0.05) is 6.07 Å². The van der Waals surface area contributed by atoms with Crippen LogP contribution in [0, 0.1) is 6.92 Å². The Bertz CT molecular complexity index is 755. The topological polar surface area (TPSA) is 73.9 Å². The van der Waals surface area contributed by atoms with Crippen molar-refractivity contribution in [3.63, 3.8) is 0 Å². The lowest BCUT2D eigenvalue weighted by Crippen LogP contribution is -2.27. The summed E-state index contributed by atoms with van der Waals surface area (Å²) in [5.74, 6) is 1.53. The highest BCUT2D eigenvalue weighted by Gasteiger charge is 2.16. The summed E-state index contributed by atoms with van der Waals surface area (Å²) in [5.41, 5.74) is 0. The van der Waals surface area contributed by atoms with E-state index in [1.54, 1.807) is 37.4 Å². The molecule has 2 rings (SSSR count). The van der Waals surface area contributed by atoms with Gasteiger partial charge in [0, 0.05) is 11.4 Å². The molecule has 0 bridgehead atoms. The van der Waals surface area contributed by atoms with Gasteiger partial charge in [-0.2, -0.15) is 0 Å². The molecule has 0 aliphatic carbocycles. The maximum absolute atomic E-state index is 12.1. The van der Waals surface area contributed by atoms with Crippen LogP contribution < -0.4 is 18.9 Å². The van der Waals surface area contributed by atoms with Crippen LogP contribution in [0.1, 0.15) is 4.88 Å². The van der Waals surface area contributed by atoms with E-state index in [0.717, 1.165) is 4.88 Å². The Labute approximate surface area is 140 Å².